The van der Waals surface area contributed by atoms with Gasteiger partial charge in [0.1, 0.15) is 0 Å². The van der Waals surface area contributed by atoms with E-state index in [1.165, 1.54) is 12.0 Å². The van der Waals surface area contributed by atoms with E-state index in [9.17, 15) is 4.79 Å². The molecular formula is C26H30N4O. The van der Waals surface area contributed by atoms with Crippen molar-refractivity contribution in [1.82, 2.24) is 9.80 Å². The molecule has 1 saturated heterocycles. The number of carbonyl (C=O) groups excluding carboxylic acids is 1. The first-order chi connectivity index (χ1) is 15.0. The van der Waals surface area contributed by atoms with Crippen LogP contribution in [0.4, 0.5) is 11.4 Å². The molecule has 3 aromatic carbocycles. The normalized spacial score (nSPS) is 16.5. The number of carbonyl (C=O) groups is 1. The minimum atomic E-state index is -0.136. The van der Waals surface area contributed by atoms with E-state index in [4.69, 9.17) is 5.73 Å². The molecule has 0 bridgehead atoms. The molecule has 1 atom stereocenters. The second kappa shape index (κ2) is 9.33. The third-order valence-electron chi connectivity index (χ3n) is 5.98. The third-order valence-corrected chi connectivity index (χ3v) is 5.98. The summed E-state index contributed by atoms with van der Waals surface area (Å²) < 4.78 is 0. The van der Waals surface area contributed by atoms with Crippen LogP contribution in [0.1, 0.15) is 22.3 Å². The zero-order chi connectivity index (χ0) is 21.8. The topological polar surface area (TPSA) is 61.6 Å². The van der Waals surface area contributed by atoms with Gasteiger partial charge in [0.05, 0.1) is 5.69 Å². The molecule has 0 spiro atoms. The van der Waals surface area contributed by atoms with Crippen LogP contribution in [0.2, 0.25) is 0 Å². The van der Waals surface area contributed by atoms with E-state index in [1.807, 2.05) is 60.7 Å². The maximum absolute atomic E-state index is 12.9. The summed E-state index contributed by atoms with van der Waals surface area (Å²) in [5.74, 6) is -0.136. The Labute approximate surface area is 184 Å². The SMILES string of the molecule is CN(C)[C@@H]1CCN(Cc2ccc(C(=O)Nc3cc(N)ccc3-c3ccccc3)cc2)C1. The van der Waals surface area contributed by atoms with E-state index in [0.717, 1.165) is 30.8 Å². The fourth-order valence-electron chi connectivity index (χ4n) is 4.13. The quantitative estimate of drug-likeness (QED) is 0.590. The molecular weight excluding hydrogens is 384 g/mol. The molecule has 4 rings (SSSR count). The van der Waals surface area contributed by atoms with Gasteiger partial charge in [0.15, 0.2) is 0 Å². The number of hydrogen-bond acceptors (Lipinski definition) is 4. The van der Waals surface area contributed by atoms with Gasteiger partial charge >= 0.3 is 0 Å². The number of hydrogen-bond donors (Lipinski definition) is 2. The Bertz CT molecular complexity index is 1030. The standard InChI is InChI=1S/C26H30N4O/c1-29(2)23-14-15-30(18-23)17-19-8-10-21(11-9-19)26(31)28-25-16-22(27)12-13-24(25)20-6-4-3-5-7-20/h3-13,16,23H,14-15,17-18,27H2,1-2H3,(H,28,31)/t23-/m1/s1. The molecule has 1 amide bonds. The van der Waals surface area contributed by atoms with Crippen LogP contribution >= 0.6 is 0 Å². The minimum absolute atomic E-state index is 0.136. The molecule has 1 aliphatic heterocycles. The average Bonchev–Trinajstić information content (AvgIpc) is 3.24. The second-order valence-corrected chi connectivity index (χ2v) is 8.46. The summed E-state index contributed by atoms with van der Waals surface area (Å²) in [7, 11) is 4.29. The predicted molar refractivity (Wildman–Crippen MR) is 128 cm³/mol. The fourth-order valence-corrected chi connectivity index (χ4v) is 4.13. The Kier molecular flexibility index (Phi) is 6.35. The van der Waals surface area contributed by atoms with Crippen LogP contribution < -0.4 is 11.1 Å². The Hall–Kier alpha value is -3.15. The van der Waals surface area contributed by atoms with Gasteiger partial charge in [-0.25, -0.2) is 0 Å². The summed E-state index contributed by atoms with van der Waals surface area (Å²) in [5.41, 5.74) is 11.2. The molecule has 1 aliphatic rings. The minimum Gasteiger partial charge on any atom is -0.399 e. The molecule has 31 heavy (non-hydrogen) atoms. The number of benzene rings is 3. The summed E-state index contributed by atoms with van der Waals surface area (Å²) in [6.45, 7) is 3.12. The van der Waals surface area contributed by atoms with Gasteiger partial charge < -0.3 is 16.0 Å². The van der Waals surface area contributed by atoms with Gasteiger partial charge in [0.2, 0.25) is 0 Å². The number of anilines is 2. The summed E-state index contributed by atoms with van der Waals surface area (Å²) in [6, 6.07) is 24.1. The maximum atomic E-state index is 12.9. The number of rotatable bonds is 6. The van der Waals surface area contributed by atoms with Crippen LogP contribution in [-0.2, 0) is 6.54 Å². The lowest BCUT2D eigenvalue weighted by Crippen LogP contribution is -2.31. The molecule has 160 valence electrons. The van der Waals surface area contributed by atoms with E-state index in [1.54, 1.807) is 0 Å². The third kappa shape index (κ3) is 5.13. The lowest BCUT2D eigenvalue weighted by molar-refractivity contribution is 0.102. The summed E-state index contributed by atoms with van der Waals surface area (Å²) in [6.07, 6.45) is 1.21. The zero-order valence-electron chi connectivity index (χ0n) is 18.2. The summed E-state index contributed by atoms with van der Waals surface area (Å²) in [5, 5.41) is 3.04. The summed E-state index contributed by atoms with van der Waals surface area (Å²) >= 11 is 0. The smallest absolute Gasteiger partial charge is 0.255 e. The molecule has 5 nitrogen and oxygen atoms in total. The van der Waals surface area contributed by atoms with Gasteiger partial charge in [-0.1, -0.05) is 48.5 Å². The van der Waals surface area contributed by atoms with E-state index in [2.05, 4.69) is 41.3 Å². The molecule has 3 aromatic rings. The predicted octanol–water partition coefficient (Wildman–Crippen LogP) is 4.32. The molecule has 0 saturated carbocycles. The van der Waals surface area contributed by atoms with E-state index >= 15 is 0 Å². The Morgan fingerprint density at radius 2 is 1.81 bits per heavy atom. The fraction of sp³-hybridized carbons (Fsp3) is 0.269. The number of nitrogens with two attached hydrogens (primary N) is 1. The van der Waals surface area contributed by atoms with E-state index in [-0.39, 0.29) is 5.91 Å². The number of likely N-dealkylation sites (N-methyl/N-ethyl adjacent to an activating group) is 1. The highest BCUT2D eigenvalue weighted by molar-refractivity contribution is 6.06. The van der Waals surface area contributed by atoms with Crippen LogP contribution in [0.15, 0.2) is 72.8 Å². The van der Waals surface area contributed by atoms with Crippen molar-refractivity contribution in [3.63, 3.8) is 0 Å². The van der Waals surface area contributed by atoms with Crippen molar-refractivity contribution in [2.75, 3.05) is 38.2 Å². The molecule has 0 radical (unpaired) electrons. The number of nitrogen functional groups attached to an aromatic ring is 1. The lowest BCUT2D eigenvalue weighted by Gasteiger charge is -2.20. The van der Waals surface area contributed by atoms with Crippen molar-refractivity contribution in [1.29, 1.82) is 0 Å². The van der Waals surface area contributed by atoms with E-state index < -0.39 is 0 Å². The van der Waals surface area contributed by atoms with Crippen molar-refractivity contribution in [2.24, 2.45) is 0 Å². The monoisotopic (exact) mass is 414 g/mol. The van der Waals surface area contributed by atoms with Crippen molar-refractivity contribution in [3.05, 3.63) is 83.9 Å². The van der Waals surface area contributed by atoms with Crippen LogP contribution in [0.5, 0.6) is 0 Å². The second-order valence-electron chi connectivity index (χ2n) is 8.46. The largest absolute Gasteiger partial charge is 0.399 e. The maximum Gasteiger partial charge on any atom is 0.255 e. The van der Waals surface area contributed by atoms with Crippen LogP contribution in [0, 0.1) is 0 Å². The average molecular weight is 415 g/mol. The van der Waals surface area contributed by atoms with Crippen molar-refractivity contribution in [2.45, 2.75) is 19.0 Å². The zero-order valence-corrected chi connectivity index (χ0v) is 18.2. The van der Waals surface area contributed by atoms with Crippen molar-refractivity contribution in [3.8, 4) is 11.1 Å². The molecule has 0 unspecified atom stereocenters. The molecule has 0 aromatic heterocycles. The highest BCUT2D eigenvalue weighted by Crippen LogP contribution is 2.30. The van der Waals surface area contributed by atoms with Gasteiger partial charge in [-0.2, -0.15) is 0 Å². The first-order valence-corrected chi connectivity index (χ1v) is 10.7. The Morgan fingerprint density at radius 3 is 2.48 bits per heavy atom. The van der Waals surface area contributed by atoms with Crippen molar-refractivity contribution < 1.29 is 4.79 Å². The van der Waals surface area contributed by atoms with Gasteiger partial charge in [0, 0.05) is 42.5 Å². The molecule has 3 N–H and O–H groups in total. The molecule has 5 heteroatoms. The first-order valence-electron chi connectivity index (χ1n) is 10.7. The Balaban J connectivity index is 1.45. The van der Waals surface area contributed by atoms with Crippen molar-refractivity contribution >= 4 is 17.3 Å². The number of likely N-dealkylation sites (tertiary alicyclic amines) is 1. The number of nitrogens with zero attached hydrogens (tertiary/aromatic N) is 2. The van der Waals surface area contributed by atoms with Crippen LogP contribution in [-0.4, -0.2) is 48.9 Å². The number of amides is 1. The van der Waals surface area contributed by atoms with Gasteiger partial charge in [0.25, 0.3) is 5.91 Å². The molecule has 1 fully saturated rings. The van der Waals surface area contributed by atoms with Gasteiger partial charge in [-0.15, -0.1) is 0 Å². The van der Waals surface area contributed by atoms with Crippen LogP contribution in [0.25, 0.3) is 11.1 Å². The van der Waals surface area contributed by atoms with Gasteiger partial charge in [-0.3, -0.25) is 9.69 Å². The molecule has 1 heterocycles. The highest BCUT2D eigenvalue weighted by atomic mass is 16.1. The van der Waals surface area contributed by atoms with Gasteiger partial charge in [-0.05, 0) is 55.9 Å². The highest BCUT2D eigenvalue weighted by Gasteiger charge is 2.23. The summed E-state index contributed by atoms with van der Waals surface area (Å²) in [4.78, 5) is 17.7. The Morgan fingerprint density at radius 1 is 1.06 bits per heavy atom. The number of nitrogens with one attached hydrogen (secondary N) is 1. The lowest BCUT2D eigenvalue weighted by atomic mass is 10.0. The first kappa shape index (κ1) is 21.1. The molecule has 0 aliphatic carbocycles. The van der Waals surface area contributed by atoms with Crippen LogP contribution in [0.3, 0.4) is 0 Å². The van der Waals surface area contributed by atoms with E-state index in [0.29, 0.717) is 23.0 Å².